The number of halogens is 1. The van der Waals surface area contributed by atoms with Crippen molar-refractivity contribution in [2.75, 3.05) is 0 Å². The van der Waals surface area contributed by atoms with E-state index in [-0.39, 0.29) is 18.4 Å². The van der Waals surface area contributed by atoms with E-state index in [9.17, 15) is 0 Å². The van der Waals surface area contributed by atoms with Gasteiger partial charge in [0.25, 0.3) is 0 Å². The van der Waals surface area contributed by atoms with E-state index >= 15 is 0 Å². The van der Waals surface area contributed by atoms with Gasteiger partial charge < -0.3 is 5.73 Å². The highest BCUT2D eigenvalue weighted by Gasteiger charge is 2.29. The van der Waals surface area contributed by atoms with Gasteiger partial charge in [0.05, 0.1) is 0 Å². The first-order valence-corrected chi connectivity index (χ1v) is 4.03. The SMILES string of the molecule is Cl.N[C@H](c1ccncc1)C1CC1. The van der Waals surface area contributed by atoms with E-state index < -0.39 is 0 Å². The average molecular weight is 185 g/mol. The Morgan fingerprint density at radius 1 is 1.33 bits per heavy atom. The first-order chi connectivity index (χ1) is 5.38. The quantitative estimate of drug-likeness (QED) is 0.763. The van der Waals surface area contributed by atoms with E-state index in [4.69, 9.17) is 5.73 Å². The number of rotatable bonds is 2. The maximum absolute atomic E-state index is 5.97. The Morgan fingerprint density at radius 3 is 2.42 bits per heavy atom. The Labute approximate surface area is 78.6 Å². The van der Waals surface area contributed by atoms with E-state index in [1.165, 1.54) is 18.4 Å². The predicted molar refractivity (Wildman–Crippen MR) is 51.1 cm³/mol. The maximum Gasteiger partial charge on any atom is 0.0324 e. The number of aromatic nitrogens is 1. The third-order valence-corrected chi connectivity index (χ3v) is 2.22. The van der Waals surface area contributed by atoms with E-state index in [1.807, 2.05) is 12.1 Å². The highest BCUT2D eigenvalue weighted by molar-refractivity contribution is 5.85. The molecule has 1 heterocycles. The Bertz CT molecular complexity index is 234. The summed E-state index contributed by atoms with van der Waals surface area (Å²) in [6, 6.07) is 4.25. The van der Waals surface area contributed by atoms with Crippen LogP contribution in [0.4, 0.5) is 0 Å². The Balaban J connectivity index is 0.000000720. The second-order valence-corrected chi connectivity index (χ2v) is 3.14. The van der Waals surface area contributed by atoms with Gasteiger partial charge in [-0.1, -0.05) is 0 Å². The molecule has 0 bridgehead atoms. The molecule has 2 nitrogen and oxygen atoms in total. The second-order valence-electron chi connectivity index (χ2n) is 3.14. The van der Waals surface area contributed by atoms with E-state index in [0.717, 1.165) is 5.92 Å². The lowest BCUT2D eigenvalue weighted by Crippen LogP contribution is -2.11. The summed E-state index contributed by atoms with van der Waals surface area (Å²) in [5.74, 6) is 0.734. The summed E-state index contributed by atoms with van der Waals surface area (Å²) < 4.78 is 0. The molecule has 2 rings (SSSR count). The minimum absolute atomic E-state index is 0. The molecule has 0 amide bonds. The summed E-state index contributed by atoms with van der Waals surface area (Å²) in [6.45, 7) is 0. The predicted octanol–water partition coefficient (Wildman–Crippen LogP) is 1.91. The number of nitrogens with zero attached hydrogens (tertiary/aromatic N) is 1. The van der Waals surface area contributed by atoms with Crippen LogP contribution in [0.5, 0.6) is 0 Å². The lowest BCUT2D eigenvalue weighted by molar-refractivity contribution is 0.632. The van der Waals surface area contributed by atoms with Crippen LogP contribution in [0.3, 0.4) is 0 Å². The van der Waals surface area contributed by atoms with Gasteiger partial charge in [0.1, 0.15) is 0 Å². The zero-order valence-corrected chi connectivity index (χ0v) is 7.63. The molecule has 0 unspecified atom stereocenters. The first kappa shape index (κ1) is 9.49. The fourth-order valence-corrected chi connectivity index (χ4v) is 1.31. The van der Waals surface area contributed by atoms with Gasteiger partial charge in [-0.2, -0.15) is 0 Å². The smallest absolute Gasteiger partial charge is 0.0324 e. The van der Waals surface area contributed by atoms with E-state index in [1.54, 1.807) is 12.4 Å². The van der Waals surface area contributed by atoms with Crippen LogP contribution in [0.1, 0.15) is 24.4 Å². The van der Waals surface area contributed by atoms with Gasteiger partial charge in [-0.25, -0.2) is 0 Å². The number of pyridine rings is 1. The summed E-state index contributed by atoms with van der Waals surface area (Å²) in [5, 5.41) is 0. The van der Waals surface area contributed by atoms with Gasteiger partial charge in [0, 0.05) is 18.4 Å². The van der Waals surface area contributed by atoms with E-state index in [2.05, 4.69) is 4.98 Å². The number of hydrogen-bond donors (Lipinski definition) is 1. The van der Waals surface area contributed by atoms with Crippen LogP contribution < -0.4 is 5.73 Å². The van der Waals surface area contributed by atoms with Gasteiger partial charge in [-0.3, -0.25) is 4.98 Å². The molecular formula is C9H13ClN2. The minimum Gasteiger partial charge on any atom is -0.324 e. The van der Waals surface area contributed by atoms with Crippen molar-refractivity contribution in [2.45, 2.75) is 18.9 Å². The Morgan fingerprint density at radius 2 is 1.92 bits per heavy atom. The molecule has 1 aromatic heterocycles. The molecule has 2 N–H and O–H groups in total. The molecule has 66 valence electrons. The first-order valence-electron chi connectivity index (χ1n) is 4.03. The van der Waals surface area contributed by atoms with Crippen molar-refractivity contribution in [1.29, 1.82) is 0 Å². The molecule has 1 atom stereocenters. The van der Waals surface area contributed by atoms with Gasteiger partial charge in [0.15, 0.2) is 0 Å². The summed E-state index contributed by atoms with van der Waals surface area (Å²) >= 11 is 0. The molecule has 0 saturated heterocycles. The van der Waals surface area contributed by atoms with Crippen molar-refractivity contribution in [3.63, 3.8) is 0 Å². The molecule has 1 fully saturated rings. The molecule has 1 saturated carbocycles. The van der Waals surface area contributed by atoms with E-state index in [0.29, 0.717) is 0 Å². The molecule has 1 aliphatic carbocycles. The van der Waals surface area contributed by atoms with Crippen LogP contribution in [0.25, 0.3) is 0 Å². The monoisotopic (exact) mass is 184 g/mol. The Hall–Kier alpha value is -0.600. The zero-order chi connectivity index (χ0) is 7.68. The van der Waals surface area contributed by atoms with Gasteiger partial charge >= 0.3 is 0 Å². The molecule has 1 aromatic rings. The van der Waals surface area contributed by atoms with Crippen molar-refractivity contribution in [1.82, 2.24) is 4.98 Å². The van der Waals surface area contributed by atoms with Crippen molar-refractivity contribution in [2.24, 2.45) is 11.7 Å². The largest absolute Gasteiger partial charge is 0.324 e. The van der Waals surface area contributed by atoms with Crippen molar-refractivity contribution in [3.8, 4) is 0 Å². The highest BCUT2D eigenvalue weighted by Crippen LogP contribution is 2.38. The molecule has 12 heavy (non-hydrogen) atoms. The molecular weight excluding hydrogens is 172 g/mol. The molecule has 3 heteroatoms. The van der Waals surface area contributed by atoms with Crippen LogP contribution in [-0.4, -0.2) is 4.98 Å². The normalized spacial score (nSPS) is 18.1. The third kappa shape index (κ3) is 1.96. The lowest BCUT2D eigenvalue weighted by atomic mass is 10.1. The van der Waals surface area contributed by atoms with Crippen molar-refractivity contribution < 1.29 is 0 Å². The number of nitrogens with two attached hydrogens (primary N) is 1. The fourth-order valence-electron chi connectivity index (χ4n) is 1.31. The number of hydrogen-bond acceptors (Lipinski definition) is 2. The molecule has 0 aromatic carbocycles. The summed E-state index contributed by atoms with van der Waals surface area (Å²) in [5.41, 5.74) is 7.20. The van der Waals surface area contributed by atoms with Crippen LogP contribution in [0.15, 0.2) is 24.5 Å². The van der Waals surface area contributed by atoms with Crippen LogP contribution in [-0.2, 0) is 0 Å². The summed E-state index contributed by atoms with van der Waals surface area (Å²) in [4.78, 5) is 3.95. The van der Waals surface area contributed by atoms with Crippen molar-refractivity contribution in [3.05, 3.63) is 30.1 Å². The minimum atomic E-state index is 0. The molecule has 0 radical (unpaired) electrons. The highest BCUT2D eigenvalue weighted by atomic mass is 35.5. The fraction of sp³-hybridized carbons (Fsp3) is 0.444. The van der Waals surface area contributed by atoms with Crippen LogP contribution >= 0.6 is 12.4 Å². The zero-order valence-electron chi connectivity index (χ0n) is 6.81. The van der Waals surface area contributed by atoms with Gasteiger partial charge in [0.2, 0.25) is 0 Å². The standard InChI is InChI=1S/C9H12N2.ClH/c10-9(7-1-2-7)8-3-5-11-6-4-8;/h3-7,9H,1-2,10H2;1H/t9-;/m0./s1. The molecule has 0 spiro atoms. The molecule has 1 aliphatic rings. The van der Waals surface area contributed by atoms with Gasteiger partial charge in [-0.05, 0) is 36.5 Å². The van der Waals surface area contributed by atoms with Crippen molar-refractivity contribution >= 4 is 12.4 Å². The Kier molecular flexibility index (Phi) is 3.06. The maximum atomic E-state index is 5.97. The lowest BCUT2D eigenvalue weighted by Gasteiger charge is -2.08. The molecule has 0 aliphatic heterocycles. The summed E-state index contributed by atoms with van der Waals surface area (Å²) in [6.07, 6.45) is 6.20. The second kappa shape index (κ2) is 3.87. The van der Waals surface area contributed by atoms with Gasteiger partial charge in [-0.15, -0.1) is 12.4 Å². The summed E-state index contributed by atoms with van der Waals surface area (Å²) in [7, 11) is 0. The van der Waals surface area contributed by atoms with Crippen LogP contribution in [0.2, 0.25) is 0 Å². The van der Waals surface area contributed by atoms with Crippen LogP contribution in [0, 0.1) is 5.92 Å². The topological polar surface area (TPSA) is 38.9 Å². The average Bonchev–Trinajstić information content (AvgIpc) is 2.87. The third-order valence-electron chi connectivity index (χ3n) is 2.22.